The first-order valence-corrected chi connectivity index (χ1v) is 4.87. The molecule has 2 aromatic carbocycles. The lowest BCUT2D eigenvalue weighted by atomic mass is 9.99. The fourth-order valence-corrected chi connectivity index (χ4v) is 1.61. The van der Waals surface area contributed by atoms with E-state index in [0.717, 1.165) is 5.56 Å². The van der Waals surface area contributed by atoms with Crippen LogP contribution in [-0.4, -0.2) is 11.1 Å². The first kappa shape index (κ1) is 10.2. The third-order valence-corrected chi connectivity index (χ3v) is 2.36. The van der Waals surface area contributed by atoms with Crippen molar-refractivity contribution < 1.29 is 9.90 Å². The molecule has 2 rings (SSSR count). The summed E-state index contributed by atoms with van der Waals surface area (Å²) in [6.45, 7) is 0. The molecule has 0 atom stereocenters. The maximum atomic E-state index is 11.1. The number of hydrogen-bond donors (Lipinski definition) is 2. The van der Waals surface area contributed by atoms with Gasteiger partial charge < -0.3 is 10.8 Å². The lowest BCUT2D eigenvalue weighted by Gasteiger charge is -2.06. The number of benzene rings is 2. The standard InChI is InChI=1S/C13H11NO2/c14-10-6-7-11(12(8-10)13(15)16)9-4-2-1-3-5-9/h1-8H,14H2,(H,15,16). The van der Waals surface area contributed by atoms with E-state index in [0.29, 0.717) is 11.3 Å². The Kier molecular flexibility index (Phi) is 2.60. The minimum absolute atomic E-state index is 0.228. The summed E-state index contributed by atoms with van der Waals surface area (Å²) in [4.78, 5) is 11.1. The average Bonchev–Trinajstić information content (AvgIpc) is 2.30. The van der Waals surface area contributed by atoms with Crippen molar-refractivity contribution in [2.75, 3.05) is 5.73 Å². The first-order chi connectivity index (χ1) is 7.68. The largest absolute Gasteiger partial charge is 0.478 e. The molecule has 0 spiro atoms. The first-order valence-electron chi connectivity index (χ1n) is 4.87. The average molecular weight is 213 g/mol. The summed E-state index contributed by atoms with van der Waals surface area (Å²) >= 11 is 0. The number of nitrogen functional groups attached to an aromatic ring is 1. The predicted molar refractivity (Wildman–Crippen MR) is 63.2 cm³/mol. The summed E-state index contributed by atoms with van der Waals surface area (Å²) in [5.74, 6) is -0.967. The van der Waals surface area contributed by atoms with Gasteiger partial charge in [0.25, 0.3) is 0 Å². The molecule has 0 aromatic heterocycles. The van der Waals surface area contributed by atoms with Gasteiger partial charge in [0.05, 0.1) is 5.56 Å². The normalized spacial score (nSPS) is 10.0. The molecule has 0 saturated carbocycles. The van der Waals surface area contributed by atoms with Crippen LogP contribution in [0.3, 0.4) is 0 Å². The Morgan fingerprint density at radius 1 is 1.06 bits per heavy atom. The number of nitrogens with two attached hydrogens (primary N) is 1. The number of carbonyl (C=O) groups is 1. The predicted octanol–water partition coefficient (Wildman–Crippen LogP) is 2.63. The molecular formula is C13H11NO2. The van der Waals surface area contributed by atoms with Crippen LogP contribution in [0.15, 0.2) is 48.5 Å². The highest BCUT2D eigenvalue weighted by atomic mass is 16.4. The minimum atomic E-state index is -0.967. The van der Waals surface area contributed by atoms with E-state index in [4.69, 9.17) is 10.8 Å². The van der Waals surface area contributed by atoms with E-state index in [2.05, 4.69) is 0 Å². The van der Waals surface area contributed by atoms with Gasteiger partial charge in [-0.25, -0.2) is 4.79 Å². The van der Waals surface area contributed by atoms with Gasteiger partial charge in [0, 0.05) is 5.69 Å². The zero-order valence-corrected chi connectivity index (χ0v) is 8.55. The lowest BCUT2D eigenvalue weighted by Crippen LogP contribution is -2.01. The molecule has 0 aliphatic heterocycles. The van der Waals surface area contributed by atoms with E-state index >= 15 is 0 Å². The van der Waals surface area contributed by atoms with Gasteiger partial charge in [-0.15, -0.1) is 0 Å². The lowest BCUT2D eigenvalue weighted by molar-refractivity contribution is 0.0698. The maximum absolute atomic E-state index is 11.1. The quantitative estimate of drug-likeness (QED) is 0.754. The molecule has 0 fully saturated rings. The van der Waals surface area contributed by atoms with Crippen LogP contribution in [0.5, 0.6) is 0 Å². The number of anilines is 1. The smallest absolute Gasteiger partial charge is 0.336 e. The van der Waals surface area contributed by atoms with Crippen molar-refractivity contribution in [3.8, 4) is 11.1 Å². The highest BCUT2D eigenvalue weighted by Crippen LogP contribution is 2.25. The molecule has 80 valence electrons. The molecule has 3 N–H and O–H groups in total. The maximum Gasteiger partial charge on any atom is 0.336 e. The molecule has 3 heteroatoms. The van der Waals surface area contributed by atoms with Gasteiger partial charge >= 0.3 is 5.97 Å². The van der Waals surface area contributed by atoms with Crippen molar-refractivity contribution in [1.29, 1.82) is 0 Å². The number of aromatic carboxylic acids is 1. The molecule has 0 heterocycles. The second-order valence-electron chi connectivity index (χ2n) is 3.48. The van der Waals surface area contributed by atoms with Crippen LogP contribution in [-0.2, 0) is 0 Å². The monoisotopic (exact) mass is 213 g/mol. The van der Waals surface area contributed by atoms with E-state index in [1.807, 2.05) is 30.3 Å². The number of rotatable bonds is 2. The minimum Gasteiger partial charge on any atom is -0.478 e. The van der Waals surface area contributed by atoms with Crippen molar-refractivity contribution >= 4 is 11.7 Å². The molecule has 0 saturated heterocycles. The summed E-state index contributed by atoms with van der Waals surface area (Å²) < 4.78 is 0. The van der Waals surface area contributed by atoms with Crippen molar-refractivity contribution in [3.05, 3.63) is 54.1 Å². The van der Waals surface area contributed by atoms with Crippen molar-refractivity contribution in [1.82, 2.24) is 0 Å². The third kappa shape index (κ3) is 1.88. The molecule has 0 aliphatic carbocycles. The topological polar surface area (TPSA) is 63.3 Å². The van der Waals surface area contributed by atoms with E-state index in [9.17, 15) is 4.79 Å². The molecule has 0 radical (unpaired) electrons. The van der Waals surface area contributed by atoms with E-state index < -0.39 is 5.97 Å². The number of hydrogen-bond acceptors (Lipinski definition) is 2. The van der Waals surface area contributed by atoms with Crippen molar-refractivity contribution in [2.24, 2.45) is 0 Å². The van der Waals surface area contributed by atoms with Gasteiger partial charge in [-0.3, -0.25) is 0 Å². The molecule has 3 nitrogen and oxygen atoms in total. The Balaban J connectivity index is 2.61. The van der Waals surface area contributed by atoms with E-state index in [1.165, 1.54) is 6.07 Å². The third-order valence-electron chi connectivity index (χ3n) is 2.36. The molecular weight excluding hydrogens is 202 g/mol. The Hall–Kier alpha value is -2.29. The highest BCUT2D eigenvalue weighted by molar-refractivity contribution is 5.97. The van der Waals surface area contributed by atoms with E-state index in [1.54, 1.807) is 12.1 Å². The molecule has 0 unspecified atom stereocenters. The van der Waals surface area contributed by atoms with Gasteiger partial charge in [-0.2, -0.15) is 0 Å². The van der Waals surface area contributed by atoms with Crippen LogP contribution in [0.4, 0.5) is 5.69 Å². The summed E-state index contributed by atoms with van der Waals surface area (Å²) in [7, 11) is 0. The summed E-state index contributed by atoms with van der Waals surface area (Å²) in [6.07, 6.45) is 0. The van der Waals surface area contributed by atoms with Gasteiger partial charge in [0.15, 0.2) is 0 Å². The van der Waals surface area contributed by atoms with Crippen LogP contribution in [0.2, 0.25) is 0 Å². The van der Waals surface area contributed by atoms with Gasteiger partial charge in [0.2, 0.25) is 0 Å². The molecule has 0 amide bonds. The van der Waals surface area contributed by atoms with Crippen LogP contribution in [0.25, 0.3) is 11.1 Å². The number of carboxylic acids is 1. The molecule has 16 heavy (non-hydrogen) atoms. The fraction of sp³-hybridized carbons (Fsp3) is 0. The van der Waals surface area contributed by atoms with Gasteiger partial charge in [-0.05, 0) is 23.3 Å². The van der Waals surface area contributed by atoms with E-state index in [-0.39, 0.29) is 5.56 Å². The summed E-state index contributed by atoms with van der Waals surface area (Å²) in [5.41, 5.74) is 7.82. The summed E-state index contributed by atoms with van der Waals surface area (Å²) in [6, 6.07) is 14.3. The van der Waals surface area contributed by atoms with Gasteiger partial charge in [0.1, 0.15) is 0 Å². The van der Waals surface area contributed by atoms with Crippen LogP contribution >= 0.6 is 0 Å². The Bertz CT molecular complexity index is 521. The Morgan fingerprint density at radius 3 is 2.38 bits per heavy atom. The van der Waals surface area contributed by atoms with Crippen molar-refractivity contribution in [2.45, 2.75) is 0 Å². The zero-order chi connectivity index (χ0) is 11.5. The Morgan fingerprint density at radius 2 is 1.75 bits per heavy atom. The summed E-state index contributed by atoms with van der Waals surface area (Å²) in [5, 5.41) is 9.10. The van der Waals surface area contributed by atoms with Crippen LogP contribution < -0.4 is 5.73 Å². The molecule has 0 bridgehead atoms. The second kappa shape index (κ2) is 4.06. The highest BCUT2D eigenvalue weighted by Gasteiger charge is 2.11. The van der Waals surface area contributed by atoms with Crippen LogP contribution in [0, 0.1) is 0 Å². The molecule has 0 aliphatic rings. The Labute approximate surface area is 93.1 Å². The SMILES string of the molecule is Nc1ccc(-c2ccccc2)c(C(=O)O)c1. The second-order valence-corrected chi connectivity index (χ2v) is 3.48. The van der Waals surface area contributed by atoms with Gasteiger partial charge in [-0.1, -0.05) is 36.4 Å². The van der Waals surface area contributed by atoms with Crippen molar-refractivity contribution in [3.63, 3.8) is 0 Å². The molecule has 2 aromatic rings. The fourth-order valence-electron chi connectivity index (χ4n) is 1.61. The van der Waals surface area contributed by atoms with Crippen LogP contribution in [0.1, 0.15) is 10.4 Å². The zero-order valence-electron chi connectivity index (χ0n) is 8.55. The number of carboxylic acid groups (broad SMARTS) is 1.